The molecule has 232 valence electrons. The summed E-state index contributed by atoms with van der Waals surface area (Å²) in [7, 11) is 0. The van der Waals surface area contributed by atoms with Crippen molar-refractivity contribution in [2.75, 3.05) is 5.32 Å². The maximum atomic E-state index is 14.3. The molecule has 0 unspecified atom stereocenters. The Morgan fingerprint density at radius 2 is 1.56 bits per heavy atom. The average Bonchev–Trinajstić information content (AvgIpc) is 3.46. The molecule has 5 aromatic rings. The predicted molar refractivity (Wildman–Crippen MR) is 153 cm³/mol. The van der Waals surface area contributed by atoms with Gasteiger partial charge in [0.25, 0.3) is 5.91 Å². The summed E-state index contributed by atoms with van der Waals surface area (Å²) in [5, 5.41) is 11.7. The minimum absolute atomic E-state index is 0.00765. The Morgan fingerprint density at radius 3 is 2.27 bits per heavy atom. The summed E-state index contributed by atoms with van der Waals surface area (Å²) in [6, 6.07) is 21.0. The van der Waals surface area contributed by atoms with Crippen LogP contribution in [0.3, 0.4) is 0 Å². The average molecular weight is 624 g/mol. The third kappa shape index (κ3) is 5.79. The van der Waals surface area contributed by atoms with Gasteiger partial charge in [0, 0.05) is 17.2 Å². The number of para-hydroxylation sites is 2. The molecule has 0 spiro atoms. The van der Waals surface area contributed by atoms with E-state index in [0.29, 0.717) is 12.1 Å². The molecule has 45 heavy (non-hydrogen) atoms. The van der Waals surface area contributed by atoms with E-state index >= 15 is 0 Å². The van der Waals surface area contributed by atoms with Gasteiger partial charge in [-0.2, -0.15) is 0 Å². The number of fused-ring (bicyclic) bond motifs is 1. The molecule has 1 aliphatic rings. The summed E-state index contributed by atoms with van der Waals surface area (Å²) in [5.41, 5.74) is 2.13. The molecule has 1 amide bonds. The van der Waals surface area contributed by atoms with Crippen molar-refractivity contribution in [2.45, 2.75) is 38.6 Å². The van der Waals surface area contributed by atoms with Gasteiger partial charge in [0.05, 0.1) is 42.7 Å². The highest BCUT2D eigenvalue weighted by molar-refractivity contribution is 6.04. The van der Waals surface area contributed by atoms with E-state index in [1.54, 1.807) is 24.5 Å². The van der Waals surface area contributed by atoms with E-state index in [0.717, 1.165) is 22.2 Å². The molecule has 4 aromatic carbocycles. The van der Waals surface area contributed by atoms with Crippen LogP contribution >= 0.6 is 0 Å². The van der Waals surface area contributed by atoms with Crippen molar-refractivity contribution in [1.82, 2.24) is 9.55 Å². The highest BCUT2D eigenvalue weighted by Crippen LogP contribution is 2.42. The maximum absolute atomic E-state index is 14.3. The molecular weight excluding hydrogens is 597 g/mol. The molecule has 2 N–H and O–H groups in total. The van der Waals surface area contributed by atoms with Gasteiger partial charge in [0.15, 0.2) is 29.6 Å². The van der Waals surface area contributed by atoms with Crippen molar-refractivity contribution >= 4 is 22.6 Å². The Morgan fingerprint density at radius 1 is 0.867 bits per heavy atom. The smallest absolute Gasteiger partial charge is 0.261 e. The van der Waals surface area contributed by atoms with Crippen LogP contribution in [-0.2, 0) is 22.6 Å². The molecule has 0 saturated carbocycles. The first-order chi connectivity index (χ1) is 21.7. The number of imidazole rings is 1. The number of amides is 1. The number of hydrogen-bond donors (Lipinski definition) is 2. The van der Waals surface area contributed by atoms with Gasteiger partial charge < -0.3 is 24.5 Å². The first kappa shape index (κ1) is 30.4. The number of aromatic nitrogens is 2. The van der Waals surface area contributed by atoms with E-state index in [4.69, 9.17) is 9.47 Å². The summed E-state index contributed by atoms with van der Waals surface area (Å²) in [4.78, 5) is 17.2. The van der Waals surface area contributed by atoms with Gasteiger partial charge in [-0.3, -0.25) is 4.79 Å². The Hall–Kier alpha value is -4.65. The lowest BCUT2D eigenvalue weighted by Crippen LogP contribution is -2.39. The van der Waals surface area contributed by atoms with Gasteiger partial charge in [0.1, 0.15) is 5.56 Å². The van der Waals surface area contributed by atoms with Crippen molar-refractivity contribution in [3.8, 4) is 0 Å². The van der Waals surface area contributed by atoms with Crippen LogP contribution in [0.5, 0.6) is 0 Å². The monoisotopic (exact) mass is 623 g/mol. The van der Waals surface area contributed by atoms with E-state index in [1.807, 2.05) is 47.9 Å². The van der Waals surface area contributed by atoms with E-state index in [9.17, 15) is 31.9 Å². The Bertz CT molecular complexity index is 1850. The largest absolute Gasteiger partial charge is 0.392 e. The summed E-state index contributed by atoms with van der Waals surface area (Å²) in [6.45, 7) is 2.29. The Balaban J connectivity index is 1.31. The number of nitrogens with one attached hydrogen (secondary N) is 1. The number of aliphatic hydroxyl groups is 1. The zero-order valence-corrected chi connectivity index (χ0v) is 23.7. The summed E-state index contributed by atoms with van der Waals surface area (Å²) < 4.78 is 84.3. The Labute approximate surface area is 253 Å². The maximum Gasteiger partial charge on any atom is 0.261 e. The van der Waals surface area contributed by atoms with Crippen LogP contribution in [0.2, 0.25) is 0 Å². The molecule has 12 heteroatoms. The van der Waals surface area contributed by atoms with E-state index < -0.39 is 59.1 Å². The number of carbonyl (C=O) groups excluding carboxylic acids is 1. The molecule has 1 saturated heterocycles. The SMILES string of the molecule is C[C@@H]1[C@H](Cn2cnc3ccccc32)O[C@H](c2cccc(NC(=O)c3c(F)c(F)c(F)c(F)c3F)c2)O[C@@H]1c1ccc(CO)cc1. The van der Waals surface area contributed by atoms with Crippen LogP contribution in [0, 0.1) is 35.0 Å². The van der Waals surface area contributed by atoms with Crippen molar-refractivity contribution < 1.29 is 41.3 Å². The van der Waals surface area contributed by atoms with Crippen molar-refractivity contribution in [2.24, 2.45) is 5.92 Å². The van der Waals surface area contributed by atoms with E-state index in [1.165, 1.54) is 18.2 Å². The second-order valence-electron chi connectivity index (χ2n) is 10.7. The fraction of sp³-hybridized carbons (Fsp3) is 0.212. The normalized spacial score (nSPS) is 20.0. The fourth-order valence-corrected chi connectivity index (χ4v) is 5.44. The summed E-state index contributed by atoms with van der Waals surface area (Å²) in [5.74, 6) is -13.0. The molecule has 0 aliphatic carbocycles. The zero-order valence-electron chi connectivity index (χ0n) is 23.7. The van der Waals surface area contributed by atoms with Gasteiger partial charge in [-0.1, -0.05) is 55.5 Å². The molecule has 1 aromatic heterocycles. The van der Waals surface area contributed by atoms with Crippen LogP contribution in [-0.4, -0.2) is 26.7 Å². The number of aliphatic hydroxyl groups excluding tert-OH is 1. The third-order valence-electron chi connectivity index (χ3n) is 7.88. The summed E-state index contributed by atoms with van der Waals surface area (Å²) >= 11 is 0. The topological polar surface area (TPSA) is 85.6 Å². The van der Waals surface area contributed by atoms with Gasteiger partial charge >= 0.3 is 0 Å². The zero-order chi connectivity index (χ0) is 31.8. The number of benzene rings is 4. The van der Waals surface area contributed by atoms with Gasteiger partial charge in [-0.25, -0.2) is 26.9 Å². The number of ether oxygens (including phenoxy) is 2. The number of rotatable bonds is 7. The number of anilines is 1. The second kappa shape index (κ2) is 12.4. The van der Waals surface area contributed by atoms with Crippen LogP contribution in [0.25, 0.3) is 11.0 Å². The number of carbonyl (C=O) groups is 1. The number of halogens is 5. The molecule has 4 atom stereocenters. The highest BCUT2D eigenvalue weighted by Gasteiger charge is 2.39. The quantitative estimate of drug-likeness (QED) is 0.116. The molecular formula is C33H26F5N3O4. The van der Waals surface area contributed by atoms with Gasteiger partial charge in [-0.05, 0) is 35.4 Å². The van der Waals surface area contributed by atoms with Crippen LogP contribution in [0.1, 0.15) is 46.4 Å². The van der Waals surface area contributed by atoms with Crippen molar-refractivity contribution in [3.63, 3.8) is 0 Å². The van der Waals surface area contributed by atoms with Crippen LogP contribution in [0.15, 0.2) is 79.1 Å². The second-order valence-corrected chi connectivity index (χ2v) is 10.7. The number of nitrogens with zero attached hydrogens (tertiary/aromatic N) is 2. The Kier molecular flexibility index (Phi) is 8.36. The lowest BCUT2D eigenvalue weighted by molar-refractivity contribution is -0.276. The standard InChI is InChI=1S/C33H26F5N3O4/c1-17-24(14-41-16-39-22-7-2-3-8-23(22)41)44-33(45-31(17)19-11-9-18(15-42)10-12-19)20-5-4-6-21(13-20)40-32(43)25-26(34)28(36)30(38)29(37)27(25)35/h2-13,16-17,24,31,33,42H,14-15H2,1H3,(H,40,43)/t17-,24+,31+,33+/m1/s1. The van der Waals surface area contributed by atoms with Crippen molar-refractivity contribution in [1.29, 1.82) is 0 Å². The molecule has 7 nitrogen and oxygen atoms in total. The third-order valence-corrected chi connectivity index (χ3v) is 7.88. The fourth-order valence-electron chi connectivity index (χ4n) is 5.44. The first-order valence-electron chi connectivity index (χ1n) is 14.0. The van der Waals surface area contributed by atoms with Crippen molar-refractivity contribution in [3.05, 3.63) is 130 Å². The predicted octanol–water partition coefficient (Wildman–Crippen LogP) is 6.97. The minimum Gasteiger partial charge on any atom is -0.392 e. The van der Waals surface area contributed by atoms with Gasteiger partial charge in [-0.15, -0.1) is 0 Å². The first-order valence-corrected chi connectivity index (χ1v) is 14.0. The lowest BCUT2D eigenvalue weighted by Gasteiger charge is -2.41. The van der Waals surface area contributed by atoms with Gasteiger partial charge in [0.2, 0.25) is 5.82 Å². The highest BCUT2D eigenvalue weighted by atomic mass is 19.2. The molecule has 0 bridgehead atoms. The molecule has 1 aliphatic heterocycles. The molecule has 2 heterocycles. The van der Waals surface area contributed by atoms with Crippen LogP contribution in [0.4, 0.5) is 27.6 Å². The van der Waals surface area contributed by atoms with Crippen LogP contribution < -0.4 is 5.32 Å². The minimum atomic E-state index is -2.36. The van der Waals surface area contributed by atoms with E-state index in [2.05, 4.69) is 10.3 Å². The molecule has 1 fully saturated rings. The summed E-state index contributed by atoms with van der Waals surface area (Å²) in [6.07, 6.45) is -0.126. The molecule has 6 rings (SSSR count). The molecule has 0 radical (unpaired) electrons. The van der Waals surface area contributed by atoms with E-state index in [-0.39, 0.29) is 18.2 Å². The number of hydrogen-bond acceptors (Lipinski definition) is 5. The lowest BCUT2D eigenvalue weighted by atomic mass is 9.90.